The van der Waals surface area contributed by atoms with E-state index in [1.165, 1.54) is 38.5 Å². The zero-order valence-corrected chi connectivity index (χ0v) is 17.5. The van der Waals surface area contributed by atoms with Crippen LogP contribution < -0.4 is 14.8 Å². The molecule has 1 aliphatic heterocycles. The summed E-state index contributed by atoms with van der Waals surface area (Å²) in [5.41, 5.74) is 1.71. The van der Waals surface area contributed by atoms with Crippen LogP contribution in [0.25, 0.3) is 5.57 Å². The summed E-state index contributed by atoms with van der Waals surface area (Å²) in [6.45, 7) is 0.00974. The molecule has 0 radical (unpaired) electrons. The molecule has 32 heavy (non-hydrogen) atoms. The highest BCUT2D eigenvalue weighted by molar-refractivity contribution is 6.36. The van der Waals surface area contributed by atoms with Crippen LogP contribution in [0.15, 0.2) is 72.6 Å². The van der Waals surface area contributed by atoms with Gasteiger partial charge in [0.2, 0.25) is 0 Å². The summed E-state index contributed by atoms with van der Waals surface area (Å²) in [5.74, 6) is -0.425. The van der Waals surface area contributed by atoms with E-state index >= 15 is 0 Å². The van der Waals surface area contributed by atoms with Gasteiger partial charge in [0.25, 0.3) is 11.8 Å². The van der Waals surface area contributed by atoms with Crippen LogP contribution in [-0.2, 0) is 16.1 Å². The van der Waals surface area contributed by atoms with Gasteiger partial charge in [-0.25, -0.2) is 4.39 Å². The molecule has 8 heteroatoms. The average molecular weight is 433 g/mol. The molecule has 3 aromatic rings. The summed E-state index contributed by atoms with van der Waals surface area (Å²) in [4.78, 5) is 31.9. The fourth-order valence-corrected chi connectivity index (χ4v) is 3.40. The van der Waals surface area contributed by atoms with Gasteiger partial charge >= 0.3 is 0 Å². The molecule has 1 aromatic heterocycles. The molecule has 4 rings (SSSR count). The maximum atomic E-state index is 13.5. The SMILES string of the molecule is COc1cc(NC2=C(c3ccc(F)cc3)C(=O)N(Cc3ccccn3)C2=O)cc(OC)c1. The number of rotatable bonds is 7. The highest BCUT2D eigenvalue weighted by Crippen LogP contribution is 2.33. The number of imide groups is 1. The topological polar surface area (TPSA) is 80.8 Å². The molecule has 0 bridgehead atoms. The number of aromatic nitrogens is 1. The van der Waals surface area contributed by atoms with Gasteiger partial charge in [0, 0.05) is 30.1 Å². The van der Waals surface area contributed by atoms with Crippen molar-refractivity contribution in [3.05, 3.63) is 89.6 Å². The van der Waals surface area contributed by atoms with Gasteiger partial charge in [-0.1, -0.05) is 18.2 Å². The summed E-state index contributed by atoms with van der Waals surface area (Å²) in [6.07, 6.45) is 1.59. The van der Waals surface area contributed by atoms with Crippen molar-refractivity contribution in [2.24, 2.45) is 0 Å². The minimum absolute atomic E-state index is 0.00974. The lowest BCUT2D eigenvalue weighted by Gasteiger charge is -2.15. The first-order valence-corrected chi connectivity index (χ1v) is 9.76. The number of amides is 2. The molecular formula is C24H20FN3O4. The highest BCUT2D eigenvalue weighted by Gasteiger charge is 2.39. The molecule has 0 aliphatic carbocycles. The van der Waals surface area contributed by atoms with Crippen LogP contribution in [0.5, 0.6) is 11.5 Å². The normalized spacial score (nSPS) is 13.5. The Balaban J connectivity index is 1.76. The molecule has 2 amide bonds. The summed E-state index contributed by atoms with van der Waals surface area (Å²) in [6, 6.07) is 15.7. The summed E-state index contributed by atoms with van der Waals surface area (Å²) in [7, 11) is 3.03. The molecule has 0 unspecified atom stereocenters. The van der Waals surface area contributed by atoms with Crippen LogP contribution in [0.3, 0.4) is 0 Å². The Kier molecular flexibility index (Phi) is 5.85. The second-order valence-corrected chi connectivity index (χ2v) is 7.00. The van der Waals surface area contributed by atoms with Crippen molar-refractivity contribution in [3.8, 4) is 11.5 Å². The van der Waals surface area contributed by atoms with Crippen LogP contribution in [0.2, 0.25) is 0 Å². The number of anilines is 1. The molecular weight excluding hydrogens is 413 g/mol. The Hall–Kier alpha value is -4.20. The largest absolute Gasteiger partial charge is 0.497 e. The zero-order chi connectivity index (χ0) is 22.7. The van der Waals surface area contributed by atoms with E-state index in [1.54, 1.807) is 42.6 Å². The Labute approximate surface area is 184 Å². The quantitative estimate of drug-likeness (QED) is 0.573. The van der Waals surface area contributed by atoms with E-state index in [2.05, 4.69) is 10.3 Å². The van der Waals surface area contributed by atoms with Crippen LogP contribution >= 0.6 is 0 Å². The molecule has 0 saturated heterocycles. The molecule has 0 spiro atoms. The van der Waals surface area contributed by atoms with Crippen LogP contribution in [0.4, 0.5) is 10.1 Å². The van der Waals surface area contributed by atoms with Gasteiger partial charge in [-0.15, -0.1) is 0 Å². The van der Waals surface area contributed by atoms with E-state index in [1.807, 2.05) is 0 Å². The van der Waals surface area contributed by atoms with Gasteiger partial charge in [-0.3, -0.25) is 19.5 Å². The van der Waals surface area contributed by atoms with E-state index in [0.29, 0.717) is 28.4 Å². The van der Waals surface area contributed by atoms with E-state index in [0.717, 1.165) is 4.90 Å². The number of ether oxygens (including phenoxy) is 2. The third-order valence-corrected chi connectivity index (χ3v) is 4.97. The maximum Gasteiger partial charge on any atom is 0.278 e. The minimum Gasteiger partial charge on any atom is -0.497 e. The fraction of sp³-hybridized carbons (Fsp3) is 0.125. The summed E-state index contributed by atoms with van der Waals surface area (Å²) in [5, 5.41) is 3.04. The third kappa shape index (κ3) is 4.15. The van der Waals surface area contributed by atoms with Gasteiger partial charge in [-0.2, -0.15) is 0 Å². The second-order valence-electron chi connectivity index (χ2n) is 7.00. The lowest BCUT2D eigenvalue weighted by molar-refractivity contribution is -0.137. The van der Waals surface area contributed by atoms with Gasteiger partial charge in [0.05, 0.1) is 32.0 Å². The van der Waals surface area contributed by atoms with E-state index < -0.39 is 17.6 Å². The molecule has 2 aromatic carbocycles. The minimum atomic E-state index is -0.512. The molecule has 1 N–H and O–H groups in total. The molecule has 7 nitrogen and oxygen atoms in total. The van der Waals surface area contributed by atoms with Crippen molar-refractivity contribution in [2.45, 2.75) is 6.54 Å². The molecule has 0 fully saturated rings. The Morgan fingerprint density at radius 1 is 0.938 bits per heavy atom. The van der Waals surface area contributed by atoms with E-state index in [4.69, 9.17) is 9.47 Å². The fourth-order valence-electron chi connectivity index (χ4n) is 3.40. The van der Waals surface area contributed by atoms with Crippen LogP contribution in [-0.4, -0.2) is 35.9 Å². The number of pyridine rings is 1. The molecule has 1 aliphatic rings. The third-order valence-electron chi connectivity index (χ3n) is 4.97. The first-order valence-electron chi connectivity index (χ1n) is 9.76. The standard InChI is InChI=1S/C24H20FN3O4/c1-31-19-11-18(12-20(13-19)32-2)27-22-21(15-6-8-16(25)9-7-15)23(29)28(24(22)30)14-17-5-3-4-10-26-17/h3-13,27H,14H2,1-2H3. The molecule has 0 atom stereocenters. The number of carbonyl (C=O) groups is 2. The predicted octanol–water partition coefficient (Wildman–Crippen LogP) is 3.63. The van der Waals surface area contributed by atoms with Gasteiger partial charge in [0.1, 0.15) is 23.0 Å². The van der Waals surface area contributed by atoms with Crippen molar-refractivity contribution in [3.63, 3.8) is 0 Å². The Bertz CT molecular complexity index is 1170. The average Bonchev–Trinajstić information content (AvgIpc) is 3.04. The van der Waals surface area contributed by atoms with Crippen molar-refractivity contribution in [2.75, 3.05) is 19.5 Å². The Morgan fingerprint density at radius 3 is 2.22 bits per heavy atom. The molecule has 2 heterocycles. The lowest BCUT2D eigenvalue weighted by Crippen LogP contribution is -2.32. The number of halogens is 1. The predicted molar refractivity (Wildman–Crippen MR) is 116 cm³/mol. The number of nitrogens with zero attached hydrogens (tertiary/aromatic N) is 2. The number of benzene rings is 2. The van der Waals surface area contributed by atoms with Crippen molar-refractivity contribution < 1.29 is 23.5 Å². The van der Waals surface area contributed by atoms with Crippen molar-refractivity contribution >= 4 is 23.1 Å². The lowest BCUT2D eigenvalue weighted by atomic mass is 10.0. The molecule has 162 valence electrons. The van der Waals surface area contributed by atoms with Crippen LogP contribution in [0, 0.1) is 5.82 Å². The number of carbonyl (C=O) groups excluding carboxylic acids is 2. The van der Waals surface area contributed by atoms with Gasteiger partial charge < -0.3 is 14.8 Å². The second kappa shape index (κ2) is 8.89. The molecule has 0 saturated carbocycles. The van der Waals surface area contributed by atoms with Gasteiger partial charge in [-0.05, 0) is 29.8 Å². The van der Waals surface area contributed by atoms with Crippen molar-refractivity contribution in [1.82, 2.24) is 9.88 Å². The number of methoxy groups -OCH3 is 2. The van der Waals surface area contributed by atoms with Gasteiger partial charge in [0.15, 0.2) is 0 Å². The smallest absolute Gasteiger partial charge is 0.278 e. The Morgan fingerprint density at radius 2 is 1.62 bits per heavy atom. The summed E-state index contributed by atoms with van der Waals surface area (Å²) >= 11 is 0. The zero-order valence-electron chi connectivity index (χ0n) is 17.5. The first-order chi connectivity index (χ1) is 15.5. The number of hydrogen-bond acceptors (Lipinski definition) is 6. The van der Waals surface area contributed by atoms with Crippen molar-refractivity contribution in [1.29, 1.82) is 0 Å². The van der Waals surface area contributed by atoms with Crippen LogP contribution in [0.1, 0.15) is 11.3 Å². The van der Waals surface area contributed by atoms with E-state index in [9.17, 15) is 14.0 Å². The first kappa shape index (κ1) is 21.0. The summed E-state index contributed by atoms with van der Waals surface area (Å²) < 4.78 is 24.1. The number of nitrogens with one attached hydrogen (secondary N) is 1. The van der Waals surface area contributed by atoms with E-state index in [-0.39, 0.29) is 17.8 Å². The highest BCUT2D eigenvalue weighted by atomic mass is 19.1. The monoisotopic (exact) mass is 433 g/mol. The number of hydrogen-bond donors (Lipinski definition) is 1. The maximum absolute atomic E-state index is 13.5.